The fraction of sp³-hybridized carbons (Fsp3) is 0.238. The molecule has 8 nitrogen and oxygen atoms in total. The van der Waals surface area contributed by atoms with Gasteiger partial charge >= 0.3 is 35.7 Å². The predicted octanol–water partition coefficient (Wildman–Crippen LogP) is 0.851. The molecule has 0 aliphatic heterocycles. The number of aromatic nitrogens is 3. The van der Waals surface area contributed by atoms with Gasteiger partial charge in [-0.1, -0.05) is 12.1 Å². The standard InChI is InChI=1S/C21H20F3N5O3S.Na.H/c1-33(31,32)28-15-6-3-13(4-7-15)18-12-26-20-19(25-9-2-10-30)27-16-11-14(21(22,23)24)5-8-17(16)29(18)20;;/h3-8,11-12,28,30H,2,9-10H2,1H3,(H,25,27);;/q;+1;-1. The first-order valence-electron chi connectivity index (χ1n) is 9.88. The van der Waals surface area contributed by atoms with Crippen molar-refractivity contribution in [3.63, 3.8) is 0 Å². The van der Waals surface area contributed by atoms with E-state index in [-0.39, 0.29) is 48.9 Å². The van der Waals surface area contributed by atoms with E-state index < -0.39 is 21.8 Å². The molecular weight excluding hydrogens is 482 g/mol. The Labute approximate surface area is 217 Å². The van der Waals surface area contributed by atoms with Crippen LogP contribution in [0.25, 0.3) is 27.9 Å². The van der Waals surface area contributed by atoms with Gasteiger partial charge < -0.3 is 11.8 Å². The molecule has 2 heterocycles. The van der Waals surface area contributed by atoms with E-state index in [1.165, 1.54) is 6.07 Å². The molecule has 0 spiro atoms. The number of sulfonamides is 1. The van der Waals surface area contributed by atoms with Crippen LogP contribution < -0.4 is 39.6 Å². The first-order chi connectivity index (χ1) is 15.6. The summed E-state index contributed by atoms with van der Waals surface area (Å²) < 4.78 is 66.8. The summed E-state index contributed by atoms with van der Waals surface area (Å²) in [5.41, 5.74) is 1.79. The number of aliphatic hydroxyl groups is 1. The number of hydrogen-bond donors (Lipinski definition) is 3. The second kappa shape index (κ2) is 10.1. The number of rotatable bonds is 7. The number of imidazole rings is 1. The minimum absolute atomic E-state index is 0. The van der Waals surface area contributed by atoms with Crippen molar-refractivity contribution in [2.45, 2.75) is 12.6 Å². The fourth-order valence-electron chi connectivity index (χ4n) is 3.44. The van der Waals surface area contributed by atoms with Gasteiger partial charge in [0, 0.05) is 24.4 Å². The van der Waals surface area contributed by atoms with E-state index in [2.05, 4.69) is 20.0 Å². The smallest absolute Gasteiger partial charge is 1.00 e. The molecule has 0 saturated carbocycles. The molecule has 0 fully saturated rings. The third kappa shape index (κ3) is 5.63. The molecule has 0 saturated heterocycles. The first kappa shape index (κ1) is 26.2. The molecule has 0 aliphatic carbocycles. The first-order valence-corrected chi connectivity index (χ1v) is 11.8. The Hall–Kier alpha value is -2.38. The summed E-state index contributed by atoms with van der Waals surface area (Å²) in [7, 11) is -3.43. The van der Waals surface area contributed by atoms with E-state index in [4.69, 9.17) is 5.11 Å². The van der Waals surface area contributed by atoms with Crippen LogP contribution in [-0.4, -0.2) is 47.3 Å². The van der Waals surface area contributed by atoms with Crippen LogP contribution in [0.2, 0.25) is 0 Å². The average molecular weight is 503 g/mol. The van der Waals surface area contributed by atoms with Gasteiger partial charge in [0.05, 0.1) is 34.7 Å². The molecule has 2 aromatic heterocycles. The van der Waals surface area contributed by atoms with E-state index in [9.17, 15) is 21.6 Å². The normalized spacial score (nSPS) is 12.0. The zero-order valence-electron chi connectivity index (χ0n) is 19.4. The van der Waals surface area contributed by atoms with E-state index >= 15 is 0 Å². The topological polar surface area (TPSA) is 109 Å². The second-order valence-electron chi connectivity index (χ2n) is 7.42. The number of anilines is 2. The van der Waals surface area contributed by atoms with Crippen LogP contribution in [0.5, 0.6) is 0 Å². The van der Waals surface area contributed by atoms with E-state index in [0.29, 0.717) is 41.1 Å². The Morgan fingerprint density at radius 3 is 2.47 bits per heavy atom. The van der Waals surface area contributed by atoms with Gasteiger partial charge in [-0.2, -0.15) is 13.2 Å². The second-order valence-corrected chi connectivity index (χ2v) is 9.17. The Balaban J connectivity index is 0.00000216. The van der Waals surface area contributed by atoms with Crippen molar-refractivity contribution >= 4 is 38.2 Å². The number of nitrogens with zero attached hydrogens (tertiary/aromatic N) is 3. The van der Waals surface area contributed by atoms with Crippen LogP contribution in [-0.2, 0) is 16.2 Å². The van der Waals surface area contributed by atoms with Gasteiger partial charge in [0.25, 0.3) is 0 Å². The summed E-state index contributed by atoms with van der Waals surface area (Å²) >= 11 is 0. The van der Waals surface area contributed by atoms with Gasteiger partial charge in [0.1, 0.15) is 0 Å². The maximum atomic E-state index is 13.3. The van der Waals surface area contributed by atoms with Crippen LogP contribution in [0.4, 0.5) is 24.7 Å². The van der Waals surface area contributed by atoms with Crippen molar-refractivity contribution in [3.8, 4) is 11.3 Å². The Kier molecular flexibility index (Phi) is 7.78. The molecule has 4 rings (SSSR count). The quantitative estimate of drug-likeness (QED) is 0.255. The summed E-state index contributed by atoms with van der Waals surface area (Å²) in [4.78, 5) is 8.78. The van der Waals surface area contributed by atoms with E-state index in [1.807, 2.05) is 0 Å². The van der Waals surface area contributed by atoms with Crippen LogP contribution in [0, 0.1) is 0 Å². The number of fused-ring (bicyclic) bond motifs is 3. The molecule has 176 valence electrons. The Morgan fingerprint density at radius 2 is 1.85 bits per heavy atom. The average Bonchev–Trinajstić information content (AvgIpc) is 3.18. The maximum absolute atomic E-state index is 13.3. The van der Waals surface area contributed by atoms with Gasteiger partial charge in [-0.15, -0.1) is 0 Å². The van der Waals surface area contributed by atoms with Crippen LogP contribution >= 0.6 is 0 Å². The maximum Gasteiger partial charge on any atom is 1.00 e. The van der Waals surface area contributed by atoms with Crippen molar-refractivity contribution in [2.75, 3.05) is 29.4 Å². The minimum Gasteiger partial charge on any atom is -1.00 e. The van der Waals surface area contributed by atoms with Gasteiger partial charge in [-0.3, -0.25) is 9.12 Å². The Morgan fingerprint density at radius 1 is 1.15 bits per heavy atom. The van der Waals surface area contributed by atoms with Crippen molar-refractivity contribution in [1.29, 1.82) is 0 Å². The SMILES string of the molecule is CS(=O)(=O)Nc1ccc(-c2cnc3c(NCCCO)nc4cc(C(F)(F)F)ccc4n23)cc1.[H-].[Na+]. The molecule has 4 aromatic rings. The summed E-state index contributed by atoms with van der Waals surface area (Å²) in [6.45, 7) is 0.306. The van der Waals surface area contributed by atoms with Crippen molar-refractivity contribution in [2.24, 2.45) is 0 Å². The molecular formula is C21H21F3N5NaO3S. The molecule has 0 atom stereocenters. The number of alkyl halides is 3. The zero-order chi connectivity index (χ0) is 23.8. The number of benzene rings is 2. The number of hydrogen-bond acceptors (Lipinski definition) is 6. The minimum atomic E-state index is -4.52. The van der Waals surface area contributed by atoms with E-state index in [0.717, 1.165) is 18.4 Å². The Bertz CT molecular complexity index is 1430. The third-order valence-corrected chi connectivity index (χ3v) is 5.47. The number of halogens is 3. The van der Waals surface area contributed by atoms with Crippen LogP contribution in [0.15, 0.2) is 48.7 Å². The molecule has 0 amide bonds. The molecule has 3 N–H and O–H groups in total. The molecule has 0 aliphatic rings. The van der Waals surface area contributed by atoms with Gasteiger partial charge in [0.15, 0.2) is 11.5 Å². The van der Waals surface area contributed by atoms with Crippen molar-refractivity contribution in [1.82, 2.24) is 14.4 Å². The summed E-state index contributed by atoms with van der Waals surface area (Å²) in [6.07, 6.45) is -1.47. The van der Waals surface area contributed by atoms with Gasteiger partial charge in [-0.25, -0.2) is 18.4 Å². The third-order valence-electron chi connectivity index (χ3n) is 4.86. The zero-order valence-corrected chi connectivity index (χ0v) is 21.2. The van der Waals surface area contributed by atoms with Crippen molar-refractivity contribution in [3.05, 3.63) is 54.2 Å². The van der Waals surface area contributed by atoms with Crippen LogP contribution in [0.1, 0.15) is 13.4 Å². The largest absolute Gasteiger partial charge is 1.00 e. The molecule has 0 unspecified atom stereocenters. The van der Waals surface area contributed by atoms with Crippen LogP contribution in [0.3, 0.4) is 0 Å². The number of nitrogens with one attached hydrogen (secondary N) is 2. The fourth-order valence-corrected chi connectivity index (χ4v) is 4.01. The van der Waals surface area contributed by atoms with Crippen molar-refractivity contribution < 1.29 is 57.7 Å². The summed E-state index contributed by atoms with van der Waals surface area (Å²) in [5, 5.41) is 12.1. The van der Waals surface area contributed by atoms with Gasteiger partial charge in [0.2, 0.25) is 10.0 Å². The molecule has 2 aromatic carbocycles. The molecule has 34 heavy (non-hydrogen) atoms. The molecule has 0 radical (unpaired) electrons. The van der Waals surface area contributed by atoms with E-state index in [1.54, 1.807) is 34.9 Å². The van der Waals surface area contributed by atoms with Gasteiger partial charge in [-0.05, 0) is 36.8 Å². The predicted molar refractivity (Wildman–Crippen MR) is 121 cm³/mol. The summed E-state index contributed by atoms with van der Waals surface area (Å²) in [5.74, 6) is 0.289. The number of aliphatic hydroxyl groups excluding tert-OH is 1. The molecule has 0 bridgehead atoms. The summed E-state index contributed by atoms with van der Waals surface area (Å²) in [6, 6.07) is 9.86. The molecule has 13 heteroatoms. The monoisotopic (exact) mass is 503 g/mol.